The van der Waals surface area contributed by atoms with Crippen molar-refractivity contribution in [1.29, 1.82) is 0 Å². The van der Waals surface area contributed by atoms with Crippen LogP contribution < -0.4 is 5.32 Å². The highest BCUT2D eigenvalue weighted by Gasteiger charge is 2.17. The Bertz CT molecular complexity index is 725. The predicted octanol–water partition coefficient (Wildman–Crippen LogP) is 2.30. The van der Waals surface area contributed by atoms with E-state index < -0.39 is 17.7 Å². The Balaban J connectivity index is 2.20. The van der Waals surface area contributed by atoms with Gasteiger partial charge >= 0.3 is 5.97 Å². The van der Waals surface area contributed by atoms with Crippen molar-refractivity contribution in [1.82, 2.24) is 9.55 Å². The number of carbonyl (C=O) groups excluding carboxylic acids is 2. The molecule has 6 nitrogen and oxygen atoms in total. The van der Waals surface area contributed by atoms with Crippen LogP contribution in [-0.2, 0) is 11.8 Å². The summed E-state index contributed by atoms with van der Waals surface area (Å²) in [6.07, 6.45) is 1.32. The molecule has 1 aromatic carbocycles. The molecule has 0 spiro atoms. The molecular formula is C15H16FN3O3. The molecule has 0 aliphatic carbocycles. The van der Waals surface area contributed by atoms with Crippen LogP contribution in [0.15, 0.2) is 24.4 Å². The first-order valence-electron chi connectivity index (χ1n) is 6.70. The second-order valence-corrected chi connectivity index (χ2v) is 4.66. The van der Waals surface area contributed by atoms with Crippen molar-refractivity contribution in [3.63, 3.8) is 0 Å². The number of halogens is 1. The molecule has 0 unspecified atom stereocenters. The third kappa shape index (κ3) is 3.13. The average Bonchev–Trinajstić information content (AvgIpc) is 2.80. The number of nitrogens with one attached hydrogen (secondary N) is 1. The van der Waals surface area contributed by atoms with E-state index in [-0.39, 0.29) is 18.2 Å². The van der Waals surface area contributed by atoms with Crippen molar-refractivity contribution in [3.05, 3.63) is 47.0 Å². The lowest BCUT2D eigenvalue weighted by molar-refractivity contribution is 0.0515. The van der Waals surface area contributed by atoms with Crippen LogP contribution in [0.2, 0.25) is 0 Å². The molecule has 2 rings (SSSR count). The van der Waals surface area contributed by atoms with E-state index in [1.807, 2.05) is 0 Å². The van der Waals surface area contributed by atoms with E-state index in [9.17, 15) is 14.0 Å². The summed E-state index contributed by atoms with van der Waals surface area (Å²) in [5.41, 5.74) is 1.08. The van der Waals surface area contributed by atoms with E-state index in [0.717, 1.165) is 0 Å². The number of carbonyl (C=O) groups is 2. The lowest BCUT2D eigenvalue weighted by Gasteiger charge is -2.08. The molecule has 1 amide bonds. The fourth-order valence-corrected chi connectivity index (χ4v) is 1.97. The molecule has 0 aliphatic heterocycles. The number of anilines is 1. The summed E-state index contributed by atoms with van der Waals surface area (Å²) in [7, 11) is 1.59. The molecule has 0 saturated heterocycles. The number of esters is 1. The molecule has 2 aromatic rings. The topological polar surface area (TPSA) is 73.2 Å². The van der Waals surface area contributed by atoms with E-state index in [4.69, 9.17) is 4.74 Å². The number of aryl methyl sites for hydroxylation is 1. The molecule has 0 radical (unpaired) electrons. The maximum atomic E-state index is 13.1. The lowest BCUT2D eigenvalue weighted by atomic mass is 10.1. The number of ether oxygens (including phenoxy) is 1. The normalized spacial score (nSPS) is 10.4. The van der Waals surface area contributed by atoms with Gasteiger partial charge < -0.3 is 9.30 Å². The molecule has 0 fully saturated rings. The highest BCUT2D eigenvalue weighted by molar-refractivity contribution is 6.04. The van der Waals surface area contributed by atoms with Gasteiger partial charge in [0, 0.05) is 12.6 Å². The van der Waals surface area contributed by atoms with Crippen LogP contribution in [0.5, 0.6) is 0 Å². The van der Waals surface area contributed by atoms with Crippen LogP contribution in [0.3, 0.4) is 0 Å². The summed E-state index contributed by atoms with van der Waals surface area (Å²) in [6.45, 7) is 3.59. The van der Waals surface area contributed by atoms with Crippen molar-refractivity contribution < 1.29 is 18.7 Å². The Morgan fingerprint density at radius 1 is 1.41 bits per heavy atom. The summed E-state index contributed by atoms with van der Waals surface area (Å²) >= 11 is 0. The van der Waals surface area contributed by atoms with Crippen LogP contribution in [-0.4, -0.2) is 28.0 Å². The molecule has 0 saturated carbocycles. The van der Waals surface area contributed by atoms with Gasteiger partial charge in [-0.2, -0.15) is 0 Å². The zero-order valence-corrected chi connectivity index (χ0v) is 12.5. The van der Waals surface area contributed by atoms with E-state index in [1.165, 1.54) is 29.0 Å². The number of amides is 1. The lowest BCUT2D eigenvalue weighted by Crippen LogP contribution is -2.18. The van der Waals surface area contributed by atoms with Gasteiger partial charge in [0.2, 0.25) is 5.95 Å². The zero-order valence-electron chi connectivity index (χ0n) is 12.5. The molecule has 7 heteroatoms. The fourth-order valence-electron chi connectivity index (χ4n) is 1.97. The van der Waals surface area contributed by atoms with E-state index in [1.54, 1.807) is 20.9 Å². The van der Waals surface area contributed by atoms with Crippen molar-refractivity contribution in [2.75, 3.05) is 11.9 Å². The smallest absolute Gasteiger partial charge is 0.356 e. The van der Waals surface area contributed by atoms with Gasteiger partial charge in [-0.15, -0.1) is 0 Å². The summed E-state index contributed by atoms with van der Waals surface area (Å²) in [6, 6.07) is 3.89. The highest BCUT2D eigenvalue weighted by atomic mass is 19.1. The van der Waals surface area contributed by atoms with Gasteiger partial charge in [-0.05, 0) is 37.6 Å². The second kappa shape index (κ2) is 6.38. The Morgan fingerprint density at radius 3 is 2.77 bits per heavy atom. The minimum atomic E-state index is -0.518. The van der Waals surface area contributed by atoms with Crippen LogP contribution in [0.4, 0.5) is 10.3 Å². The zero-order chi connectivity index (χ0) is 16.3. The maximum absolute atomic E-state index is 13.1. The molecule has 1 heterocycles. The van der Waals surface area contributed by atoms with Gasteiger partial charge in [0.15, 0.2) is 0 Å². The number of nitrogens with zero attached hydrogens (tertiary/aromatic N) is 2. The van der Waals surface area contributed by atoms with E-state index in [0.29, 0.717) is 11.1 Å². The fraction of sp³-hybridized carbons (Fsp3) is 0.267. The van der Waals surface area contributed by atoms with E-state index >= 15 is 0 Å². The summed E-state index contributed by atoms with van der Waals surface area (Å²) in [5.74, 6) is -1.15. The molecule has 1 aromatic heterocycles. The predicted molar refractivity (Wildman–Crippen MR) is 78.3 cm³/mol. The maximum Gasteiger partial charge on any atom is 0.356 e. The van der Waals surface area contributed by atoms with Gasteiger partial charge in [0.25, 0.3) is 5.91 Å². The second-order valence-electron chi connectivity index (χ2n) is 4.66. The van der Waals surface area contributed by atoms with Gasteiger partial charge in [0.05, 0.1) is 12.8 Å². The quantitative estimate of drug-likeness (QED) is 0.880. The van der Waals surface area contributed by atoms with E-state index in [2.05, 4.69) is 10.3 Å². The number of imidazole rings is 1. The average molecular weight is 305 g/mol. The third-order valence-corrected chi connectivity index (χ3v) is 3.13. The first kappa shape index (κ1) is 15.7. The van der Waals surface area contributed by atoms with Crippen molar-refractivity contribution in [2.45, 2.75) is 13.8 Å². The molecule has 1 N–H and O–H groups in total. The highest BCUT2D eigenvalue weighted by Crippen LogP contribution is 2.14. The van der Waals surface area contributed by atoms with Gasteiger partial charge in [-0.1, -0.05) is 0 Å². The number of hydrogen-bond acceptors (Lipinski definition) is 4. The minimum absolute atomic E-state index is 0.205. The minimum Gasteiger partial charge on any atom is -0.461 e. The number of aromatic nitrogens is 2. The monoisotopic (exact) mass is 305 g/mol. The molecule has 0 atom stereocenters. The largest absolute Gasteiger partial charge is 0.461 e. The van der Waals surface area contributed by atoms with Crippen LogP contribution in [0.1, 0.15) is 33.3 Å². The number of hydrogen-bond donors (Lipinski definition) is 1. The van der Waals surface area contributed by atoms with Gasteiger partial charge in [0.1, 0.15) is 11.5 Å². The van der Waals surface area contributed by atoms with Gasteiger partial charge in [-0.3, -0.25) is 10.1 Å². The summed E-state index contributed by atoms with van der Waals surface area (Å²) in [4.78, 5) is 27.9. The van der Waals surface area contributed by atoms with Crippen molar-refractivity contribution >= 4 is 17.8 Å². The third-order valence-electron chi connectivity index (χ3n) is 3.13. The SMILES string of the molecule is CCOC(=O)c1cnc(NC(=O)c2ccc(F)cc2C)n1C. The molecule has 0 aliphatic rings. The Morgan fingerprint density at radius 2 is 2.14 bits per heavy atom. The molecular weight excluding hydrogens is 289 g/mol. The van der Waals surface area contributed by atoms with Gasteiger partial charge in [-0.25, -0.2) is 14.2 Å². The number of benzene rings is 1. The van der Waals surface area contributed by atoms with Crippen molar-refractivity contribution in [2.24, 2.45) is 7.05 Å². The van der Waals surface area contributed by atoms with Crippen LogP contribution in [0.25, 0.3) is 0 Å². The summed E-state index contributed by atoms with van der Waals surface area (Å²) < 4.78 is 19.4. The van der Waals surface area contributed by atoms with Crippen molar-refractivity contribution in [3.8, 4) is 0 Å². The Hall–Kier alpha value is -2.70. The molecule has 0 bridgehead atoms. The Kier molecular flexibility index (Phi) is 4.55. The summed E-state index contributed by atoms with van der Waals surface area (Å²) in [5, 5.41) is 2.59. The number of rotatable bonds is 4. The van der Waals surface area contributed by atoms with Crippen LogP contribution in [0, 0.1) is 12.7 Å². The first-order valence-corrected chi connectivity index (χ1v) is 6.70. The van der Waals surface area contributed by atoms with Crippen LogP contribution >= 0.6 is 0 Å². The molecule has 22 heavy (non-hydrogen) atoms. The first-order chi connectivity index (χ1) is 10.4. The standard InChI is InChI=1S/C15H16FN3O3/c1-4-22-14(21)12-8-17-15(19(12)3)18-13(20)11-6-5-10(16)7-9(11)2/h5-8H,4H2,1-3H3,(H,17,18,20). The Labute approximate surface area is 126 Å². The molecule has 116 valence electrons.